The van der Waals surface area contributed by atoms with E-state index in [2.05, 4.69) is 36.1 Å². The van der Waals surface area contributed by atoms with Crippen molar-refractivity contribution >= 4 is 17.6 Å². The van der Waals surface area contributed by atoms with Gasteiger partial charge in [0.2, 0.25) is 5.91 Å². The minimum atomic E-state index is -1.03. The number of rotatable bonds is 6. The summed E-state index contributed by atoms with van der Waals surface area (Å²) in [6.45, 7) is 6.30. The van der Waals surface area contributed by atoms with Crippen LogP contribution in [0, 0.1) is 11.5 Å². The Morgan fingerprint density at radius 1 is 1.19 bits per heavy atom. The van der Waals surface area contributed by atoms with Crippen molar-refractivity contribution in [2.75, 3.05) is 11.4 Å². The first kappa shape index (κ1) is 26.6. The zero-order valence-electron chi connectivity index (χ0n) is 21.8. The van der Waals surface area contributed by atoms with Crippen LogP contribution in [0.25, 0.3) is 0 Å². The number of β-amino-alcohol motifs (C(OH)–C–C–N with tert-alkyl or cyclic N) is 1. The van der Waals surface area contributed by atoms with E-state index >= 15 is 0 Å². The molecule has 1 saturated carbocycles. The fourth-order valence-corrected chi connectivity index (χ4v) is 5.15. The van der Waals surface area contributed by atoms with Crippen molar-refractivity contribution in [3.05, 3.63) is 54.0 Å². The van der Waals surface area contributed by atoms with Crippen LogP contribution in [0.2, 0.25) is 0 Å². The zero-order chi connectivity index (χ0) is 26.6. The lowest BCUT2D eigenvalue weighted by Crippen LogP contribution is -2.52. The molecular weight excluding hydrogens is 468 g/mol. The Morgan fingerprint density at radius 2 is 1.95 bits per heavy atom. The highest BCUT2D eigenvalue weighted by Crippen LogP contribution is 2.32. The molecule has 2 aliphatic rings. The fourth-order valence-electron chi connectivity index (χ4n) is 5.15. The molecule has 4 rings (SSSR count). The SMILES string of the molecule is CC(C)(C)c1ccc(N(C(=O)C2CC(O)CN2C#N)C(C(=O)NC2CCCCC2)c2cccnc2)nc1. The highest BCUT2D eigenvalue weighted by molar-refractivity contribution is 6.03. The summed E-state index contributed by atoms with van der Waals surface area (Å²) in [7, 11) is 0. The molecular formula is C28H36N6O3. The Bertz CT molecular complexity index is 1120. The van der Waals surface area contributed by atoms with Crippen molar-refractivity contribution in [1.82, 2.24) is 20.2 Å². The number of amides is 2. The van der Waals surface area contributed by atoms with Crippen LogP contribution >= 0.6 is 0 Å². The summed E-state index contributed by atoms with van der Waals surface area (Å²) in [6, 6.07) is 5.27. The minimum absolute atomic E-state index is 0.0394. The van der Waals surface area contributed by atoms with Gasteiger partial charge in [0.05, 0.1) is 12.6 Å². The first-order valence-corrected chi connectivity index (χ1v) is 13.0. The molecule has 2 aromatic heterocycles. The zero-order valence-corrected chi connectivity index (χ0v) is 21.8. The third-order valence-corrected chi connectivity index (χ3v) is 7.25. The molecule has 2 aromatic rings. The number of carbonyl (C=O) groups excluding carboxylic acids is 2. The topological polar surface area (TPSA) is 122 Å². The Balaban J connectivity index is 1.78. The van der Waals surface area contributed by atoms with E-state index in [1.165, 1.54) is 9.80 Å². The Kier molecular flexibility index (Phi) is 8.08. The van der Waals surface area contributed by atoms with Crippen LogP contribution in [-0.2, 0) is 15.0 Å². The van der Waals surface area contributed by atoms with Gasteiger partial charge in [0.1, 0.15) is 17.9 Å². The molecule has 2 amide bonds. The van der Waals surface area contributed by atoms with Crippen LogP contribution in [0.5, 0.6) is 0 Å². The maximum atomic E-state index is 14.1. The molecule has 2 fully saturated rings. The summed E-state index contributed by atoms with van der Waals surface area (Å²) in [5.74, 6) is -0.455. The largest absolute Gasteiger partial charge is 0.391 e. The highest BCUT2D eigenvalue weighted by atomic mass is 16.3. The molecule has 9 heteroatoms. The van der Waals surface area contributed by atoms with Crippen LogP contribution in [0.15, 0.2) is 42.9 Å². The van der Waals surface area contributed by atoms with Gasteiger partial charge in [0, 0.05) is 36.6 Å². The molecule has 3 unspecified atom stereocenters. The van der Waals surface area contributed by atoms with Gasteiger partial charge in [-0.2, -0.15) is 5.26 Å². The molecule has 9 nitrogen and oxygen atoms in total. The van der Waals surface area contributed by atoms with Crippen molar-refractivity contribution in [3.8, 4) is 6.19 Å². The third-order valence-electron chi connectivity index (χ3n) is 7.25. The Labute approximate surface area is 218 Å². The van der Waals surface area contributed by atoms with Gasteiger partial charge < -0.3 is 10.4 Å². The predicted octanol–water partition coefficient (Wildman–Crippen LogP) is 3.21. The molecule has 0 aromatic carbocycles. The molecule has 0 bridgehead atoms. The van der Waals surface area contributed by atoms with E-state index in [4.69, 9.17) is 0 Å². The van der Waals surface area contributed by atoms with Crippen LogP contribution < -0.4 is 10.2 Å². The highest BCUT2D eigenvalue weighted by Gasteiger charge is 2.43. The second-order valence-electron chi connectivity index (χ2n) is 11.1. The second-order valence-corrected chi connectivity index (χ2v) is 11.1. The smallest absolute Gasteiger partial charge is 0.252 e. The summed E-state index contributed by atoms with van der Waals surface area (Å²) >= 11 is 0. The molecule has 3 atom stereocenters. The Hall–Kier alpha value is -3.51. The molecule has 1 aliphatic carbocycles. The number of nitrogens with zero attached hydrogens (tertiary/aromatic N) is 5. The summed E-state index contributed by atoms with van der Waals surface area (Å²) in [6.07, 6.45) is 11.3. The molecule has 1 aliphatic heterocycles. The summed E-state index contributed by atoms with van der Waals surface area (Å²) in [4.78, 5) is 39.5. The van der Waals surface area contributed by atoms with Gasteiger partial charge in [-0.25, -0.2) is 4.98 Å². The van der Waals surface area contributed by atoms with E-state index in [0.29, 0.717) is 11.4 Å². The fraction of sp³-hybridized carbons (Fsp3) is 0.536. The van der Waals surface area contributed by atoms with E-state index in [-0.39, 0.29) is 30.3 Å². The van der Waals surface area contributed by atoms with Crippen LogP contribution in [0.4, 0.5) is 5.82 Å². The summed E-state index contributed by atoms with van der Waals surface area (Å²) in [5.41, 5.74) is 1.39. The van der Waals surface area contributed by atoms with Crippen molar-refractivity contribution in [1.29, 1.82) is 5.26 Å². The number of anilines is 1. The molecule has 196 valence electrons. The monoisotopic (exact) mass is 504 g/mol. The number of hydrogen-bond acceptors (Lipinski definition) is 7. The van der Waals surface area contributed by atoms with E-state index in [9.17, 15) is 20.0 Å². The predicted molar refractivity (Wildman–Crippen MR) is 139 cm³/mol. The average molecular weight is 505 g/mol. The first-order valence-electron chi connectivity index (χ1n) is 13.0. The molecule has 2 N–H and O–H groups in total. The number of aliphatic hydroxyl groups excluding tert-OH is 1. The average Bonchev–Trinajstić information content (AvgIpc) is 3.28. The molecule has 1 saturated heterocycles. The number of nitriles is 1. The maximum absolute atomic E-state index is 14.1. The number of carbonyl (C=O) groups is 2. The van der Waals surface area contributed by atoms with E-state index in [1.807, 2.05) is 12.3 Å². The lowest BCUT2D eigenvalue weighted by molar-refractivity contribution is -0.128. The number of hydrogen-bond donors (Lipinski definition) is 2. The Morgan fingerprint density at radius 3 is 2.54 bits per heavy atom. The van der Waals surface area contributed by atoms with Gasteiger partial charge in [-0.3, -0.25) is 24.4 Å². The van der Waals surface area contributed by atoms with E-state index < -0.39 is 24.1 Å². The van der Waals surface area contributed by atoms with Crippen LogP contribution in [-0.4, -0.2) is 56.5 Å². The lowest BCUT2D eigenvalue weighted by Gasteiger charge is -2.35. The van der Waals surface area contributed by atoms with E-state index in [1.54, 1.807) is 36.8 Å². The van der Waals surface area contributed by atoms with Gasteiger partial charge in [0.25, 0.3) is 5.91 Å². The maximum Gasteiger partial charge on any atom is 0.252 e. The second kappa shape index (κ2) is 11.3. The third kappa shape index (κ3) is 6.08. The molecule has 0 spiro atoms. The molecule has 3 heterocycles. The number of nitrogens with one attached hydrogen (secondary N) is 1. The van der Waals surface area contributed by atoms with Crippen LogP contribution in [0.1, 0.15) is 76.5 Å². The number of pyridine rings is 2. The van der Waals surface area contributed by atoms with Crippen molar-refractivity contribution < 1.29 is 14.7 Å². The number of likely N-dealkylation sites (tertiary alicyclic amines) is 1. The minimum Gasteiger partial charge on any atom is -0.391 e. The van der Waals surface area contributed by atoms with Gasteiger partial charge in [-0.05, 0) is 36.0 Å². The first-order chi connectivity index (χ1) is 17.7. The van der Waals surface area contributed by atoms with Crippen molar-refractivity contribution in [3.63, 3.8) is 0 Å². The van der Waals surface area contributed by atoms with Crippen molar-refractivity contribution in [2.24, 2.45) is 0 Å². The quantitative estimate of drug-likeness (QED) is 0.579. The summed E-state index contributed by atoms with van der Waals surface area (Å²) < 4.78 is 0. The van der Waals surface area contributed by atoms with Gasteiger partial charge >= 0.3 is 0 Å². The lowest BCUT2D eigenvalue weighted by atomic mass is 9.88. The van der Waals surface area contributed by atoms with E-state index in [0.717, 1.165) is 37.7 Å². The number of aliphatic hydroxyl groups is 1. The molecule has 37 heavy (non-hydrogen) atoms. The van der Waals surface area contributed by atoms with Gasteiger partial charge in [-0.15, -0.1) is 0 Å². The standard InChI is InChI=1S/C28H36N6O3/c1-28(2,3)20-11-12-24(31-16-20)34(27(37)23-14-22(35)17-33(23)18-29)25(19-8-7-13-30-15-19)26(36)32-21-9-5-4-6-10-21/h7-8,11-13,15-16,21-23,25,35H,4-6,9-10,14,17H2,1-3H3,(H,32,36). The van der Waals surface area contributed by atoms with Gasteiger partial charge in [-0.1, -0.05) is 52.2 Å². The normalized spacial score (nSPS) is 21.2. The van der Waals surface area contributed by atoms with Gasteiger partial charge in [0.15, 0.2) is 6.19 Å². The summed E-state index contributed by atoms with van der Waals surface area (Å²) in [5, 5.41) is 23.1. The molecule has 0 radical (unpaired) electrons. The van der Waals surface area contributed by atoms with Crippen molar-refractivity contribution in [2.45, 2.75) is 88.9 Å². The number of aromatic nitrogens is 2. The van der Waals surface area contributed by atoms with Crippen LogP contribution in [0.3, 0.4) is 0 Å².